The van der Waals surface area contributed by atoms with E-state index < -0.39 is 0 Å². The second-order valence-electron chi connectivity index (χ2n) is 5.01. The number of amides is 2. The second kappa shape index (κ2) is 8.16. The quantitative estimate of drug-likeness (QED) is 0.768. The van der Waals surface area contributed by atoms with Crippen molar-refractivity contribution in [2.75, 3.05) is 24.0 Å². The smallest absolute Gasteiger partial charge is 0.229 e. The van der Waals surface area contributed by atoms with E-state index in [1.807, 2.05) is 13.2 Å². The van der Waals surface area contributed by atoms with Crippen molar-refractivity contribution >= 4 is 46.3 Å². The summed E-state index contributed by atoms with van der Waals surface area (Å²) < 4.78 is 6.21. The van der Waals surface area contributed by atoms with Gasteiger partial charge in [-0.2, -0.15) is 0 Å². The first kappa shape index (κ1) is 18.3. The van der Waals surface area contributed by atoms with E-state index >= 15 is 0 Å². The minimum absolute atomic E-state index is 0.160. The van der Waals surface area contributed by atoms with Crippen LogP contribution in [0.3, 0.4) is 0 Å². The Morgan fingerprint density at radius 1 is 1.33 bits per heavy atom. The fourth-order valence-electron chi connectivity index (χ4n) is 2.08. The Morgan fingerprint density at radius 2 is 2.08 bits per heavy atom. The molecule has 0 saturated heterocycles. The normalized spacial score (nSPS) is 10.3. The molecule has 24 heavy (non-hydrogen) atoms. The zero-order chi connectivity index (χ0) is 17.7. The number of rotatable bonds is 6. The number of carbonyl (C=O) groups is 2. The molecule has 1 heterocycles. The summed E-state index contributed by atoms with van der Waals surface area (Å²) in [6.45, 7) is 3.33. The number of aryl methyl sites for hydroxylation is 1. The van der Waals surface area contributed by atoms with Gasteiger partial charge in [0.1, 0.15) is 10.1 Å². The summed E-state index contributed by atoms with van der Waals surface area (Å²) in [4.78, 5) is 28.9. The number of carbonyl (C=O) groups excluding carboxylic acids is 2. The largest absolute Gasteiger partial charge is 0.495 e. The van der Waals surface area contributed by atoms with Crippen molar-refractivity contribution in [1.82, 2.24) is 4.98 Å². The Kier molecular flexibility index (Phi) is 6.22. The van der Waals surface area contributed by atoms with E-state index in [0.717, 1.165) is 14.9 Å². The van der Waals surface area contributed by atoms with E-state index in [2.05, 4.69) is 15.6 Å². The lowest BCUT2D eigenvalue weighted by Crippen LogP contribution is -2.15. The van der Waals surface area contributed by atoms with Crippen LogP contribution in [0.25, 0.3) is 0 Å². The molecule has 0 unspecified atom stereocenters. The number of hydrogen-bond donors (Lipinski definition) is 2. The first-order chi connectivity index (χ1) is 11.4. The third kappa shape index (κ3) is 4.72. The van der Waals surface area contributed by atoms with Gasteiger partial charge in [-0.15, -0.1) is 11.3 Å². The maximum Gasteiger partial charge on any atom is 0.229 e. The molecule has 128 valence electrons. The summed E-state index contributed by atoms with van der Waals surface area (Å²) in [5, 5.41) is 5.52. The van der Waals surface area contributed by atoms with Crippen LogP contribution in [0, 0.1) is 6.92 Å². The molecule has 0 spiro atoms. The van der Waals surface area contributed by atoms with Crippen molar-refractivity contribution in [3.63, 3.8) is 0 Å². The van der Waals surface area contributed by atoms with Crippen molar-refractivity contribution in [2.24, 2.45) is 0 Å². The summed E-state index contributed by atoms with van der Waals surface area (Å²) >= 11 is 3.09. The van der Waals surface area contributed by atoms with Crippen LogP contribution in [0.2, 0.25) is 0 Å². The number of nitrogens with one attached hydrogen (secondary N) is 2. The minimum atomic E-state index is -0.178. The van der Waals surface area contributed by atoms with Crippen molar-refractivity contribution in [2.45, 2.75) is 24.6 Å². The highest BCUT2D eigenvalue weighted by molar-refractivity contribution is 8.00. The molecule has 0 saturated carbocycles. The fraction of sp³-hybridized carbons (Fsp3) is 0.312. The monoisotopic (exact) mass is 365 g/mol. The average molecular weight is 365 g/mol. The Hall–Kier alpha value is -2.06. The summed E-state index contributed by atoms with van der Waals surface area (Å²) in [6, 6.07) is 5.09. The number of aromatic nitrogens is 1. The van der Waals surface area contributed by atoms with Gasteiger partial charge in [0.25, 0.3) is 0 Å². The Balaban J connectivity index is 2.14. The lowest BCUT2D eigenvalue weighted by molar-refractivity contribution is -0.115. The van der Waals surface area contributed by atoms with Gasteiger partial charge in [-0.05, 0) is 31.4 Å². The molecule has 0 fully saturated rings. The first-order valence-electron chi connectivity index (χ1n) is 7.18. The summed E-state index contributed by atoms with van der Waals surface area (Å²) in [6.07, 6.45) is 2.21. The van der Waals surface area contributed by atoms with Gasteiger partial charge in [-0.1, -0.05) is 11.8 Å². The van der Waals surface area contributed by atoms with Crippen LogP contribution in [0.15, 0.2) is 22.5 Å². The number of thiazole rings is 1. The average Bonchev–Trinajstić information content (AvgIpc) is 2.87. The van der Waals surface area contributed by atoms with Gasteiger partial charge in [0.15, 0.2) is 0 Å². The molecule has 0 aliphatic rings. The standard InChI is InChI=1S/C16H19N3O3S2/c1-9-14(24-16(17-9)23-4)8-15(21)19-12-7-11(18-10(2)20)5-6-13(12)22-3/h5-7H,8H2,1-4H3,(H,18,20)(H,19,21). The molecule has 0 aliphatic heterocycles. The van der Waals surface area contributed by atoms with Crippen molar-refractivity contribution in [3.05, 3.63) is 28.8 Å². The highest BCUT2D eigenvalue weighted by atomic mass is 32.2. The Morgan fingerprint density at radius 3 is 2.67 bits per heavy atom. The molecule has 2 rings (SSSR count). The third-order valence-electron chi connectivity index (χ3n) is 3.16. The molecule has 2 N–H and O–H groups in total. The number of ether oxygens (including phenoxy) is 1. The van der Waals surface area contributed by atoms with Gasteiger partial charge in [0, 0.05) is 17.5 Å². The zero-order valence-corrected chi connectivity index (χ0v) is 15.6. The van der Waals surface area contributed by atoms with E-state index in [1.54, 1.807) is 30.0 Å². The van der Waals surface area contributed by atoms with E-state index in [-0.39, 0.29) is 18.2 Å². The fourth-order valence-corrected chi connectivity index (χ4v) is 3.73. The minimum Gasteiger partial charge on any atom is -0.495 e. The van der Waals surface area contributed by atoms with Crippen LogP contribution in [0.1, 0.15) is 17.5 Å². The highest BCUT2D eigenvalue weighted by Crippen LogP contribution is 2.29. The number of methoxy groups -OCH3 is 1. The van der Waals surface area contributed by atoms with Gasteiger partial charge >= 0.3 is 0 Å². The molecule has 0 bridgehead atoms. The SMILES string of the molecule is COc1ccc(NC(C)=O)cc1NC(=O)Cc1sc(SC)nc1C. The Bertz CT molecular complexity index is 759. The molecule has 0 radical (unpaired) electrons. The molecule has 1 aromatic heterocycles. The molecular formula is C16H19N3O3S2. The van der Waals surface area contributed by atoms with Crippen LogP contribution in [-0.2, 0) is 16.0 Å². The number of anilines is 2. The van der Waals surface area contributed by atoms with E-state index in [1.165, 1.54) is 25.4 Å². The molecule has 0 atom stereocenters. The second-order valence-corrected chi connectivity index (χ2v) is 7.15. The molecule has 0 aliphatic carbocycles. The maximum absolute atomic E-state index is 12.4. The number of thioether (sulfide) groups is 1. The predicted molar refractivity (Wildman–Crippen MR) is 98.3 cm³/mol. The van der Waals surface area contributed by atoms with Crippen molar-refractivity contribution in [1.29, 1.82) is 0 Å². The molecule has 8 heteroatoms. The molecule has 6 nitrogen and oxygen atoms in total. The number of nitrogens with zero attached hydrogens (tertiary/aromatic N) is 1. The summed E-state index contributed by atoms with van der Waals surface area (Å²) in [5.41, 5.74) is 1.98. The van der Waals surface area contributed by atoms with Gasteiger partial charge in [0.05, 0.1) is 24.9 Å². The topological polar surface area (TPSA) is 80.3 Å². The van der Waals surface area contributed by atoms with Crippen molar-refractivity contribution < 1.29 is 14.3 Å². The lowest BCUT2D eigenvalue weighted by atomic mass is 10.2. The van der Waals surface area contributed by atoms with E-state index in [0.29, 0.717) is 17.1 Å². The van der Waals surface area contributed by atoms with E-state index in [4.69, 9.17) is 4.74 Å². The molecule has 2 amide bonds. The maximum atomic E-state index is 12.4. The van der Waals surface area contributed by atoms with E-state index in [9.17, 15) is 9.59 Å². The Labute approximate surface area is 149 Å². The summed E-state index contributed by atoms with van der Waals surface area (Å²) in [5.74, 6) is 0.193. The van der Waals surface area contributed by atoms with Crippen LogP contribution in [-0.4, -0.2) is 30.2 Å². The predicted octanol–water partition coefficient (Wildman–Crippen LogP) is 3.32. The zero-order valence-electron chi connectivity index (χ0n) is 13.9. The molecule has 2 aromatic rings. The summed E-state index contributed by atoms with van der Waals surface area (Å²) in [7, 11) is 1.53. The van der Waals surface area contributed by atoms with Gasteiger partial charge in [-0.3, -0.25) is 9.59 Å². The van der Waals surface area contributed by atoms with Crippen LogP contribution in [0.4, 0.5) is 11.4 Å². The van der Waals surface area contributed by atoms with Crippen LogP contribution < -0.4 is 15.4 Å². The van der Waals surface area contributed by atoms with Gasteiger partial charge in [-0.25, -0.2) is 4.98 Å². The van der Waals surface area contributed by atoms with Crippen molar-refractivity contribution in [3.8, 4) is 5.75 Å². The van der Waals surface area contributed by atoms with Crippen LogP contribution >= 0.6 is 23.1 Å². The van der Waals surface area contributed by atoms with Crippen LogP contribution in [0.5, 0.6) is 5.75 Å². The van der Waals surface area contributed by atoms with Gasteiger partial charge in [0.2, 0.25) is 11.8 Å². The lowest BCUT2D eigenvalue weighted by Gasteiger charge is -2.12. The third-order valence-corrected chi connectivity index (χ3v) is 5.31. The molecular weight excluding hydrogens is 346 g/mol. The molecule has 1 aromatic carbocycles. The number of benzene rings is 1. The number of hydrogen-bond acceptors (Lipinski definition) is 6. The van der Waals surface area contributed by atoms with Gasteiger partial charge < -0.3 is 15.4 Å². The highest BCUT2D eigenvalue weighted by Gasteiger charge is 2.14. The first-order valence-corrected chi connectivity index (χ1v) is 9.22.